The van der Waals surface area contributed by atoms with Crippen molar-refractivity contribution in [1.82, 2.24) is 14.1 Å². The van der Waals surface area contributed by atoms with Crippen LogP contribution in [0.25, 0.3) is 11.0 Å². The van der Waals surface area contributed by atoms with Crippen LogP contribution in [0.2, 0.25) is 5.02 Å². The third-order valence-electron chi connectivity index (χ3n) is 4.80. The summed E-state index contributed by atoms with van der Waals surface area (Å²) in [6.07, 6.45) is 3.47. The van der Waals surface area contributed by atoms with Crippen molar-refractivity contribution < 1.29 is 4.79 Å². The molecule has 0 aliphatic carbocycles. The molecule has 0 unspecified atom stereocenters. The number of hydrogen-bond acceptors (Lipinski definition) is 3. The summed E-state index contributed by atoms with van der Waals surface area (Å²) in [4.78, 5) is 29.3. The number of aromatic nitrogens is 3. The highest BCUT2D eigenvalue weighted by atomic mass is 35.5. The summed E-state index contributed by atoms with van der Waals surface area (Å²) < 4.78 is 3.44. The topological polar surface area (TPSA) is 56.9 Å². The number of fused-ring (bicyclic) bond motifs is 1. The van der Waals surface area contributed by atoms with Gasteiger partial charge in [-0.1, -0.05) is 35.9 Å². The number of carbonyl (C=O) groups is 1. The number of nitrogens with zero attached hydrogens (tertiary/aromatic N) is 3. The Balaban J connectivity index is 1.61. The van der Waals surface area contributed by atoms with E-state index in [0.29, 0.717) is 33.7 Å². The van der Waals surface area contributed by atoms with Crippen LogP contribution in [-0.2, 0) is 13.6 Å². The average molecular weight is 392 g/mol. The van der Waals surface area contributed by atoms with Gasteiger partial charge in [0.2, 0.25) is 0 Å². The minimum atomic E-state index is -0.0508. The fourth-order valence-corrected chi connectivity index (χ4v) is 3.43. The zero-order valence-corrected chi connectivity index (χ0v) is 16.3. The molecule has 0 saturated heterocycles. The fourth-order valence-electron chi connectivity index (χ4n) is 3.30. The number of ketones is 1. The van der Waals surface area contributed by atoms with E-state index in [1.54, 1.807) is 31.3 Å². The second-order valence-electron chi connectivity index (χ2n) is 6.83. The summed E-state index contributed by atoms with van der Waals surface area (Å²) >= 11 is 5.88. The monoisotopic (exact) mass is 391 g/mol. The van der Waals surface area contributed by atoms with Crippen LogP contribution in [0.15, 0.2) is 65.8 Å². The molecule has 0 aliphatic rings. The summed E-state index contributed by atoms with van der Waals surface area (Å²) in [5, 5.41) is 1.24. The molecular weight excluding hydrogens is 374 g/mol. The Kier molecular flexibility index (Phi) is 4.61. The normalized spacial score (nSPS) is 11.1. The molecule has 140 valence electrons. The maximum Gasteiger partial charge on any atom is 0.262 e. The molecule has 0 radical (unpaired) electrons. The summed E-state index contributed by atoms with van der Waals surface area (Å²) in [6, 6.07) is 14.3. The van der Waals surface area contributed by atoms with Crippen LogP contribution in [0.5, 0.6) is 0 Å². The van der Waals surface area contributed by atoms with Gasteiger partial charge >= 0.3 is 0 Å². The van der Waals surface area contributed by atoms with E-state index < -0.39 is 0 Å². The average Bonchev–Trinajstić information content (AvgIpc) is 3.01. The number of hydrogen-bond donors (Lipinski definition) is 0. The first-order valence-corrected chi connectivity index (χ1v) is 9.22. The number of benzene rings is 2. The minimum Gasteiger partial charge on any atom is -0.328 e. The van der Waals surface area contributed by atoms with E-state index in [-0.39, 0.29) is 11.3 Å². The van der Waals surface area contributed by atoms with Gasteiger partial charge in [-0.3, -0.25) is 9.59 Å². The van der Waals surface area contributed by atoms with Gasteiger partial charge in [0.1, 0.15) is 5.65 Å². The summed E-state index contributed by atoms with van der Waals surface area (Å²) in [5.74, 6) is -0.0457. The second-order valence-corrected chi connectivity index (χ2v) is 7.27. The Morgan fingerprint density at radius 2 is 1.64 bits per heavy atom. The van der Waals surface area contributed by atoms with Gasteiger partial charge < -0.3 is 9.13 Å². The van der Waals surface area contributed by atoms with Crippen LogP contribution in [0.1, 0.15) is 27.0 Å². The molecule has 6 heteroatoms. The number of rotatable bonds is 4. The molecular formula is C22H18ClN3O2. The predicted molar refractivity (Wildman–Crippen MR) is 110 cm³/mol. The van der Waals surface area contributed by atoms with Crippen molar-refractivity contribution in [1.29, 1.82) is 0 Å². The molecule has 0 saturated carbocycles. The van der Waals surface area contributed by atoms with Gasteiger partial charge in [-0.15, -0.1) is 0 Å². The molecule has 0 atom stereocenters. The maximum absolute atomic E-state index is 12.6. The van der Waals surface area contributed by atoms with Gasteiger partial charge in [-0.25, -0.2) is 4.98 Å². The Morgan fingerprint density at radius 3 is 2.29 bits per heavy atom. The van der Waals surface area contributed by atoms with Crippen molar-refractivity contribution >= 4 is 28.4 Å². The number of halogens is 1. The molecule has 4 aromatic rings. The highest BCUT2D eigenvalue weighted by Crippen LogP contribution is 2.18. The quantitative estimate of drug-likeness (QED) is 0.494. The van der Waals surface area contributed by atoms with E-state index in [4.69, 9.17) is 11.6 Å². The van der Waals surface area contributed by atoms with Gasteiger partial charge in [0.15, 0.2) is 5.78 Å². The van der Waals surface area contributed by atoms with E-state index in [1.165, 1.54) is 10.9 Å². The van der Waals surface area contributed by atoms with Crippen LogP contribution in [0.4, 0.5) is 0 Å². The lowest BCUT2D eigenvalue weighted by atomic mass is 10.0. The third-order valence-corrected chi connectivity index (χ3v) is 5.05. The lowest BCUT2D eigenvalue weighted by molar-refractivity contribution is 0.103. The Morgan fingerprint density at radius 1 is 1.04 bits per heavy atom. The first kappa shape index (κ1) is 18.2. The highest BCUT2D eigenvalue weighted by molar-refractivity contribution is 6.30. The second kappa shape index (κ2) is 7.09. The minimum absolute atomic E-state index is 0.0457. The maximum atomic E-state index is 12.6. The number of aryl methyl sites for hydroxylation is 2. The molecule has 0 amide bonds. The van der Waals surface area contributed by atoms with E-state index >= 15 is 0 Å². The number of carbonyl (C=O) groups excluding carboxylic acids is 1. The van der Waals surface area contributed by atoms with Gasteiger partial charge in [0.25, 0.3) is 5.56 Å². The molecule has 5 nitrogen and oxygen atoms in total. The van der Waals surface area contributed by atoms with Crippen molar-refractivity contribution in [2.45, 2.75) is 13.5 Å². The Labute approximate surface area is 166 Å². The molecule has 4 rings (SSSR count). The predicted octanol–water partition coefficient (Wildman–Crippen LogP) is 3.98. The van der Waals surface area contributed by atoms with Gasteiger partial charge in [0, 0.05) is 35.9 Å². The molecule has 0 spiro atoms. The van der Waals surface area contributed by atoms with Crippen LogP contribution in [0, 0.1) is 6.92 Å². The third kappa shape index (κ3) is 3.25. The van der Waals surface area contributed by atoms with Gasteiger partial charge in [-0.2, -0.15) is 0 Å². The smallest absolute Gasteiger partial charge is 0.262 e. The summed E-state index contributed by atoms with van der Waals surface area (Å²) in [6.45, 7) is 2.48. The molecule has 28 heavy (non-hydrogen) atoms. The van der Waals surface area contributed by atoms with Crippen LogP contribution in [0.3, 0.4) is 0 Å². The van der Waals surface area contributed by atoms with Crippen molar-refractivity contribution in [2.75, 3.05) is 0 Å². The SMILES string of the molecule is Cc1cn(Cc2ccc(C(=O)c3ccc(Cl)cc3)cc2)c2ncn(C)c(=O)c12. The van der Waals surface area contributed by atoms with Crippen molar-refractivity contribution in [3.8, 4) is 0 Å². The van der Waals surface area contributed by atoms with E-state index in [0.717, 1.165) is 11.1 Å². The first-order chi connectivity index (χ1) is 13.4. The molecule has 2 aromatic heterocycles. The zero-order valence-electron chi connectivity index (χ0n) is 15.5. The summed E-state index contributed by atoms with van der Waals surface area (Å²) in [5.41, 5.74) is 3.76. The van der Waals surface area contributed by atoms with E-state index in [1.807, 2.05) is 42.0 Å². The molecule has 2 aromatic carbocycles. The lowest BCUT2D eigenvalue weighted by Crippen LogP contribution is -2.17. The molecule has 2 heterocycles. The Hall–Kier alpha value is -3.18. The van der Waals surface area contributed by atoms with Crippen molar-refractivity contribution in [3.05, 3.63) is 98.7 Å². The van der Waals surface area contributed by atoms with E-state index in [9.17, 15) is 9.59 Å². The molecule has 0 fully saturated rings. The highest BCUT2D eigenvalue weighted by Gasteiger charge is 2.13. The molecule has 0 bridgehead atoms. The van der Waals surface area contributed by atoms with E-state index in [2.05, 4.69) is 4.98 Å². The lowest BCUT2D eigenvalue weighted by Gasteiger charge is -2.07. The van der Waals surface area contributed by atoms with Gasteiger partial charge in [-0.05, 0) is 42.3 Å². The summed E-state index contributed by atoms with van der Waals surface area (Å²) in [7, 11) is 1.70. The largest absolute Gasteiger partial charge is 0.328 e. The molecule has 0 aliphatic heterocycles. The molecule has 0 N–H and O–H groups in total. The standard InChI is InChI=1S/C22H18ClN3O2/c1-14-11-26(21-19(14)22(28)25(2)13-24-21)12-15-3-5-16(6-4-15)20(27)17-7-9-18(23)10-8-17/h3-11,13H,12H2,1-2H3. The van der Waals surface area contributed by atoms with Crippen molar-refractivity contribution in [2.24, 2.45) is 7.05 Å². The van der Waals surface area contributed by atoms with Crippen LogP contribution >= 0.6 is 11.6 Å². The van der Waals surface area contributed by atoms with Gasteiger partial charge in [0.05, 0.1) is 11.7 Å². The van der Waals surface area contributed by atoms with Crippen LogP contribution in [-0.4, -0.2) is 19.9 Å². The van der Waals surface area contributed by atoms with Crippen LogP contribution < -0.4 is 5.56 Å². The zero-order chi connectivity index (χ0) is 19.8. The van der Waals surface area contributed by atoms with Crippen molar-refractivity contribution in [3.63, 3.8) is 0 Å². The Bertz CT molecular complexity index is 1240. The fraction of sp³-hybridized carbons (Fsp3) is 0.136. The first-order valence-electron chi connectivity index (χ1n) is 8.84.